The van der Waals surface area contributed by atoms with Crippen LogP contribution in [0.4, 0.5) is 26.3 Å². The monoisotopic (exact) mass is 456 g/mol. The summed E-state index contributed by atoms with van der Waals surface area (Å²) in [6.07, 6.45) is -6.65. The van der Waals surface area contributed by atoms with Crippen LogP contribution in [-0.4, -0.2) is 19.7 Å². The van der Waals surface area contributed by atoms with Crippen molar-refractivity contribution < 1.29 is 26.3 Å². The topological polar surface area (TPSA) is 43.6 Å². The van der Waals surface area contributed by atoms with Gasteiger partial charge in [0.05, 0.1) is 38.6 Å². The summed E-state index contributed by atoms with van der Waals surface area (Å²) in [5.41, 5.74) is -2.35. The molecule has 160 valence electrons. The summed E-state index contributed by atoms with van der Waals surface area (Å²) in [6, 6.07) is 6.43. The van der Waals surface area contributed by atoms with E-state index in [1.54, 1.807) is 0 Å². The fourth-order valence-electron chi connectivity index (χ4n) is 3.19. The van der Waals surface area contributed by atoms with Crippen molar-refractivity contribution in [1.82, 2.24) is 19.7 Å². The van der Waals surface area contributed by atoms with Gasteiger partial charge in [-0.1, -0.05) is 11.6 Å². The van der Waals surface area contributed by atoms with E-state index in [0.29, 0.717) is 5.56 Å². The molecule has 0 aliphatic carbocycles. The number of fused-ring (bicyclic) bond motifs is 1. The summed E-state index contributed by atoms with van der Waals surface area (Å²) in [4.78, 5) is 8.15. The minimum absolute atomic E-state index is 0.0546. The molecule has 0 aliphatic rings. The van der Waals surface area contributed by atoms with Gasteiger partial charge in [0.1, 0.15) is 0 Å². The molecular formula is C20H11ClF6N4. The maximum absolute atomic E-state index is 13.8. The molecule has 0 bridgehead atoms. The summed E-state index contributed by atoms with van der Waals surface area (Å²) in [5.74, 6) is 0. The third-order valence-electron chi connectivity index (χ3n) is 4.58. The second-order valence-corrected chi connectivity index (χ2v) is 7.06. The Morgan fingerprint density at radius 2 is 1.71 bits per heavy atom. The van der Waals surface area contributed by atoms with Crippen molar-refractivity contribution in [2.45, 2.75) is 19.3 Å². The molecule has 0 atom stereocenters. The lowest BCUT2D eigenvalue weighted by atomic mass is 10.1. The third-order valence-corrected chi connectivity index (χ3v) is 4.90. The first-order valence-electron chi connectivity index (χ1n) is 8.72. The summed E-state index contributed by atoms with van der Waals surface area (Å²) >= 11 is 6.09. The van der Waals surface area contributed by atoms with Crippen LogP contribution in [0.1, 0.15) is 16.8 Å². The number of alkyl halides is 6. The Kier molecular flexibility index (Phi) is 4.92. The van der Waals surface area contributed by atoms with Crippen LogP contribution < -0.4 is 0 Å². The molecular weight excluding hydrogens is 446 g/mol. The van der Waals surface area contributed by atoms with E-state index in [1.165, 1.54) is 31.5 Å². The zero-order valence-electron chi connectivity index (χ0n) is 15.6. The van der Waals surface area contributed by atoms with Crippen LogP contribution in [0, 0.1) is 6.92 Å². The van der Waals surface area contributed by atoms with E-state index < -0.39 is 23.5 Å². The van der Waals surface area contributed by atoms with E-state index in [-0.39, 0.29) is 33.1 Å². The molecule has 0 saturated heterocycles. The van der Waals surface area contributed by atoms with Gasteiger partial charge in [-0.3, -0.25) is 4.98 Å². The van der Waals surface area contributed by atoms with E-state index in [2.05, 4.69) is 15.1 Å². The van der Waals surface area contributed by atoms with Crippen LogP contribution in [0.25, 0.3) is 28.0 Å². The molecule has 0 N–H and O–H groups in total. The number of aromatic nitrogens is 4. The molecule has 0 aliphatic heterocycles. The number of aryl methyl sites for hydroxylation is 1. The normalized spacial score (nSPS) is 12.5. The largest absolute Gasteiger partial charge is 0.417 e. The predicted molar refractivity (Wildman–Crippen MR) is 102 cm³/mol. The van der Waals surface area contributed by atoms with Crippen LogP contribution in [0.2, 0.25) is 5.02 Å². The van der Waals surface area contributed by atoms with Gasteiger partial charge >= 0.3 is 12.4 Å². The van der Waals surface area contributed by atoms with Gasteiger partial charge in [-0.25, -0.2) is 9.67 Å². The van der Waals surface area contributed by atoms with Crippen molar-refractivity contribution in [3.05, 3.63) is 70.6 Å². The Morgan fingerprint density at radius 3 is 2.32 bits per heavy atom. The van der Waals surface area contributed by atoms with Gasteiger partial charge in [0.2, 0.25) is 0 Å². The van der Waals surface area contributed by atoms with Crippen molar-refractivity contribution >= 4 is 22.6 Å². The average molecular weight is 457 g/mol. The molecule has 4 rings (SSSR count). The lowest BCUT2D eigenvalue weighted by Crippen LogP contribution is -2.09. The summed E-state index contributed by atoms with van der Waals surface area (Å²) in [6.45, 7) is 1.32. The van der Waals surface area contributed by atoms with Crippen LogP contribution >= 0.6 is 11.6 Å². The first kappa shape index (κ1) is 21.1. The Labute approximate surface area is 176 Å². The van der Waals surface area contributed by atoms with Gasteiger partial charge in [0, 0.05) is 18.0 Å². The molecule has 0 radical (unpaired) electrons. The highest BCUT2D eigenvalue weighted by Crippen LogP contribution is 2.40. The number of benzene rings is 1. The fourth-order valence-corrected chi connectivity index (χ4v) is 3.39. The highest BCUT2D eigenvalue weighted by Gasteiger charge is 2.36. The predicted octanol–water partition coefficient (Wildman–Crippen LogP) is 6.48. The molecule has 0 spiro atoms. The molecule has 4 nitrogen and oxygen atoms in total. The van der Waals surface area contributed by atoms with E-state index in [1.807, 2.05) is 0 Å². The minimum atomic E-state index is -4.76. The van der Waals surface area contributed by atoms with Crippen LogP contribution in [0.15, 0.2) is 48.8 Å². The molecule has 31 heavy (non-hydrogen) atoms. The van der Waals surface area contributed by atoms with E-state index in [4.69, 9.17) is 11.6 Å². The molecule has 4 aromatic rings. The number of halogens is 7. The molecule has 0 fully saturated rings. The van der Waals surface area contributed by atoms with Crippen molar-refractivity contribution in [3.8, 4) is 16.9 Å². The highest BCUT2D eigenvalue weighted by molar-refractivity contribution is 6.32. The Balaban J connectivity index is 2.07. The van der Waals surface area contributed by atoms with Gasteiger partial charge in [0.15, 0.2) is 5.65 Å². The number of hydrogen-bond donors (Lipinski definition) is 0. The molecule has 0 unspecified atom stereocenters. The van der Waals surface area contributed by atoms with Crippen LogP contribution in [0.5, 0.6) is 0 Å². The lowest BCUT2D eigenvalue weighted by Gasteiger charge is -2.13. The summed E-state index contributed by atoms with van der Waals surface area (Å²) < 4.78 is 82.0. The quantitative estimate of drug-likeness (QED) is 0.324. The van der Waals surface area contributed by atoms with E-state index in [9.17, 15) is 26.3 Å². The zero-order chi connectivity index (χ0) is 22.6. The Morgan fingerprint density at radius 1 is 0.968 bits per heavy atom. The van der Waals surface area contributed by atoms with Gasteiger partial charge in [-0.05, 0) is 43.3 Å². The third kappa shape index (κ3) is 3.83. The Hall–Kier alpha value is -3.14. The minimum Gasteiger partial charge on any atom is -0.264 e. The van der Waals surface area contributed by atoms with Crippen LogP contribution in [-0.2, 0) is 12.4 Å². The summed E-state index contributed by atoms with van der Waals surface area (Å²) in [5, 5.41) is 3.59. The fraction of sp³-hybridized carbons (Fsp3) is 0.150. The SMILES string of the molecule is Cc1nn(-c2cc(C(F)(F)F)ccc2Cl)c2nc(-c3cccnc3)cc(C(F)(F)F)c12. The number of hydrogen-bond acceptors (Lipinski definition) is 3. The maximum Gasteiger partial charge on any atom is 0.417 e. The number of rotatable bonds is 2. The molecule has 0 amide bonds. The maximum atomic E-state index is 13.8. The van der Waals surface area contributed by atoms with Crippen LogP contribution in [0.3, 0.4) is 0 Å². The van der Waals surface area contributed by atoms with E-state index >= 15 is 0 Å². The van der Waals surface area contributed by atoms with Gasteiger partial charge in [0.25, 0.3) is 0 Å². The Bertz CT molecular complexity index is 1280. The standard InChI is InChI=1S/C20H11ClF6N4/c1-10-17-13(20(25,26)27)8-15(11-3-2-6-28-9-11)29-18(17)31(30-10)16-7-12(19(22,23)24)4-5-14(16)21/h2-9H,1H3. The lowest BCUT2D eigenvalue weighted by molar-refractivity contribution is -0.138. The average Bonchev–Trinajstić information content (AvgIpc) is 3.03. The van der Waals surface area contributed by atoms with Crippen molar-refractivity contribution in [2.75, 3.05) is 0 Å². The van der Waals surface area contributed by atoms with E-state index in [0.717, 1.165) is 28.9 Å². The number of nitrogens with zero attached hydrogens (tertiary/aromatic N) is 4. The molecule has 1 aromatic carbocycles. The summed E-state index contributed by atoms with van der Waals surface area (Å²) in [7, 11) is 0. The zero-order valence-corrected chi connectivity index (χ0v) is 16.3. The first-order valence-corrected chi connectivity index (χ1v) is 9.09. The number of pyridine rings is 2. The molecule has 3 heterocycles. The smallest absolute Gasteiger partial charge is 0.264 e. The second kappa shape index (κ2) is 7.23. The van der Waals surface area contributed by atoms with Gasteiger partial charge in [-0.15, -0.1) is 0 Å². The first-order chi connectivity index (χ1) is 14.5. The second-order valence-electron chi connectivity index (χ2n) is 6.65. The van der Waals surface area contributed by atoms with Gasteiger partial charge < -0.3 is 0 Å². The van der Waals surface area contributed by atoms with Crippen molar-refractivity contribution in [3.63, 3.8) is 0 Å². The molecule has 11 heteroatoms. The molecule has 0 saturated carbocycles. The van der Waals surface area contributed by atoms with Crippen molar-refractivity contribution in [1.29, 1.82) is 0 Å². The highest BCUT2D eigenvalue weighted by atomic mass is 35.5. The molecule has 3 aromatic heterocycles. The van der Waals surface area contributed by atoms with Crippen molar-refractivity contribution in [2.24, 2.45) is 0 Å². The van der Waals surface area contributed by atoms with Gasteiger partial charge in [-0.2, -0.15) is 31.4 Å².